The fourth-order valence-corrected chi connectivity index (χ4v) is 2.82. The Kier molecular flexibility index (Phi) is 5.08. The summed E-state index contributed by atoms with van der Waals surface area (Å²) in [7, 11) is 0. The zero-order chi connectivity index (χ0) is 14.8. The van der Waals surface area contributed by atoms with E-state index < -0.39 is 0 Å². The Bertz CT molecular complexity index is 333. The molecule has 0 spiro atoms. The van der Waals surface area contributed by atoms with E-state index in [4.69, 9.17) is 9.47 Å². The Morgan fingerprint density at radius 1 is 1.35 bits per heavy atom. The number of ether oxygens (including phenoxy) is 2. The highest BCUT2D eigenvalue weighted by Gasteiger charge is 2.37. The molecule has 2 rings (SSSR count). The molecule has 0 radical (unpaired) electrons. The average Bonchev–Trinajstić information content (AvgIpc) is 3.07. The van der Waals surface area contributed by atoms with Gasteiger partial charge < -0.3 is 14.8 Å². The molecule has 1 aliphatic carbocycles. The van der Waals surface area contributed by atoms with Crippen molar-refractivity contribution in [2.75, 3.05) is 19.8 Å². The van der Waals surface area contributed by atoms with Gasteiger partial charge in [-0.25, -0.2) is 0 Å². The lowest BCUT2D eigenvalue weighted by Crippen LogP contribution is -2.42. The van der Waals surface area contributed by atoms with E-state index in [1.807, 2.05) is 6.92 Å². The molecule has 1 heterocycles. The van der Waals surface area contributed by atoms with E-state index in [-0.39, 0.29) is 23.5 Å². The number of amides is 1. The lowest BCUT2D eigenvalue weighted by Gasteiger charge is -2.31. The van der Waals surface area contributed by atoms with Crippen LogP contribution in [0, 0.1) is 17.3 Å². The van der Waals surface area contributed by atoms with Crippen LogP contribution in [0.5, 0.6) is 0 Å². The van der Waals surface area contributed by atoms with Crippen LogP contribution in [0.1, 0.15) is 47.0 Å². The summed E-state index contributed by atoms with van der Waals surface area (Å²) < 4.78 is 11.4. The predicted molar refractivity (Wildman–Crippen MR) is 78.4 cm³/mol. The van der Waals surface area contributed by atoms with Crippen LogP contribution < -0.4 is 5.32 Å². The molecule has 1 N–H and O–H groups in total. The highest BCUT2D eigenvalue weighted by molar-refractivity contribution is 5.80. The maximum atomic E-state index is 12.0. The van der Waals surface area contributed by atoms with Gasteiger partial charge in [-0.2, -0.15) is 0 Å². The van der Waals surface area contributed by atoms with Gasteiger partial charge in [0, 0.05) is 19.1 Å². The van der Waals surface area contributed by atoms with Gasteiger partial charge in [0.05, 0.1) is 12.7 Å². The normalized spacial score (nSPS) is 28.4. The van der Waals surface area contributed by atoms with Gasteiger partial charge in [0.15, 0.2) is 0 Å². The van der Waals surface area contributed by atoms with Crippen molar-refractivity contribution >= 4 is 5.91 Å². The summed E-state index contributed by atoms with van der Waals surface area (Å²) >= 11 is 0. The van der Waals surface area contributed by atoms with Crippen molar-refractivity contribution in [3.8, 4) is 0 Å². The molecular formula is C16H29NO3. The third-order valence-electron chi connectivity index (χ3n) is 4.25. The van der Waals surface area contributed by atoms with Crippen LogP contribution in [0.15, 0.2) is 0 Å². The van der Waals surface area contributed by atoms with Gasteiger partial charge >= 0.3 is 0 Å². The molecule has 1 amide bonds. The smallest absolute Gasteiger partial charge is 0.248 e. The summed E-state index contributed by atoms with van der Waals surface area (Å²) in [6.45, 7) is 10.6. The van der Waals surface area contributed by atoms with Gasteiger partial charge in [0.25, 0.3) is 0 Å². The molecule has 1 aliphatic heterocycles. The van der Waals surface area contributed by atoms with Crippen molar-refractivity contribution in [1.82, 2.24) is 5.32 Å². The molecule has 0 aromatic carbocycles. The van der Waals surface area contributed by atoms with Gasteiger partial charge in [0.1, 0.15) is 6.10 Å². The second-order valence-corrected chi connectivity index (χ2v) is 7.37. The average molecular weight is 283 g/mol. The monoisotopic (exact) mass is 283 g/mol. The molecule has 4 nitrogen and oxygen atoms in total. The molecule has 1 saturated carbocycles. The Morgan fingerprint density at radius 2 is 2.05 bits per heavy atom. The topological polar surface area (TPSA) is 47.6 Å². The minimum Gasteiger partial charge on any atom is -0.377 e. The number of nitrogens with one attached hydrogen (secondary N) is 1. The van der Waals surface area contributed by atoms with Crippen LogP contribution in [0.2, 0.25) is 0 Å². The first-order valence-electron chi connectivity index (χ1n) is 7.89. The zero-order valence-electron chi connectivity index (χ0n) is 13.3. The molecule has 0 aromatic rings. The number of carbonyl (C=O) groups excluding carboxylic acids is 1. The number of carbonyl (C=O) groups is 1. The van der Waals surface area contributed by atoms with Gasteiger partial charge in [-0.1, -0.05) is 20.8 Å². The quantitative estimate of drug-likeness (QED) is 0.814. The lowest BCUT2D eigenvalue weighted by molar-refractivity contribution is -0.132. The highest BCUT2D eigenvalue weighted by atomic mass is 16.5. The van der Waals surface area contributed by atoms with E-state index in [9.17, 15) is 4.79 Å². The second kappa shape index (κ2) is 6.44. The van der Waals surface area contributed by atoms with Crippen molar-refractivity contribution in [3.05, 3.63) is 0 Å². The molecule has 1 unspecified atom stereocenters. The van der Waals surface area contributed by atoms with Crippen molar-refractivity contribution in [3.63, 3.8) is 0 Å². The van der Waals surface area contributed by atoms with Crippen LogP contribution in [0.25, 0.3) is 0 Å². The first-order valence-corrected chi connectivity index (χ1v) is 7.89. The summed E-state index contributed by atoms with van der Waals surface area (Å²) in [5.74, 6) is 1.11. The summed E-state index contributed by atoms with van der Waals surface area (Å²) in [5.41, 5.74) is 0.125. The number of rotatable bonds is 6. The molecule has 0 aromatic heterocycles. The Morgan fingerprint density at radius 3 is 2.65 bits per heavy atom. The first kappa shape index (κ1) is 15.8. The largest absolute Gasteiger partial charge is 0.377 e. The van der Waals surface area contributed by atoms with Gasteiger partial charge in [-0.3, -0.25) is 4.79 Å². The maximum absolute atomic E-state index is 12.0. The standard InChI is InChI=1S/C16H29NO3/c1-11(20-10-12-5-6-12)15(18)17-9-13-7-8-19-14(13)16(2,3)4/h11-14H,5-10H2,1-4H3,(H,17,18)/t11?,13-,14+/m1/s1. The minimum atomic E-state index is -0.342. The van der Waals surface area contributed by atoms with Crippen LogP contribution in [-0.4, -0.2) is 37.9 Å². The van der Waals surface area contributed by atoms with Crippen LogP contribution in [0.3, 0.4) is 0 Å². The van der Waals surface area contributed by atoms with Crippen molar-refractivity contribution in [2.45, 2.75) is 59.2 Å². The molecule has 4 heteroatoms. The molecule has 116 valence electrons. The van der Waals surface area contributed by atoms with E-state index in [0.29, 0.717) is 18.4 Å². The highest BCUT2D eigenvalue weighted by Crippen LogP contribution is 2.34. The number of hydrogen-bond donors (Lipinski definition) is 1. The Labute approximate surface area is 122 Å². The van der Waals surface area contributed by atoms with Crippen LogP contribution >= 0.6 is 0 Å². The van der Waals surface area contributed by atoms with Crippen LogP contribution in [-0.2, 0) is 14.3 Å². The minimum absolute atomic E-state index is 0.00482. The number of hydrogen-bond acceptors (Lipinski definition) is 3. The predicted octanol–water partition coefficient (Wildman–Crippen LogP) is 2.37. The zero-order valence-corrected chi connectivity index (χ0v) is 13.3. The molecule has 20 heavy (non-hydrogen) atoms. The summed E-state index contributed by atoms with van der Waals surface area (Å²) in [5, 5.41) is 3.03. The van der Waals surface area contributed by atoms with Crippen molar-refractivity contribution in [2.24, 2.45) is 17.3 Å². The SMILES string of the molecule is CC(OCC1CC1)C(=O)NC[C@H]1CCO[C@@H]1C(C)(C)C. The molecular weight excluding hydrogens is 254 g/mol. The maximum Gasteiger partial charge on any atom is 0.248 e. The van der Waals surface area contributed by atoms with Crippen LogP contribution in [0.4, 0.5) is 0 Å². The van der Waals surface area contributed by atoms with Gasteiger partial charge in [0.2, 0.25) is 5.91 Å². The van der Waals surface area contributed by atoms with E-state index in [1.165, 1.54) is 12.8 Å². The third kappa shape index (κ3) is 4.45. The van der Waals surface area contributed by atoms with E-state index in [2.05, 4.69) is 26.1 Å². The fourth-order valence-electron chi connectivity index (χ4n) is 2.82. The summed E-state index contributed by atoms with van der Waals surface area (Å²) in [6.07, 6.45) is 3.41. The molecule has 2 fully saturated rings. The summed E-state index contributed by atoms with van der Waals surface area (Å²) in [6, 6.07) is 0. The molecule has 0 bridgehead atoms. The van der Waals surface area contributed by atoms with E-state index >= 15 is 0 Å². The fraction of sp³-hybridized carbons (Fsp3) is 0.938. The van der Waals surface area contributed by atoms with E-state index in [1.54, 1.807) is 0 Å². The molecule has 2 aliphatic rings. The second-order valence-electron chi connectivity index (χ2n) is 7.37. The molecule has 3 atom stereocenters. The summed E-state index contributed by atoms with van der Waals surface area (Å²) in [4.78, 5) is 12.0. The van der Waals surface area contributed by atoms with Crippen molar-refractivity contribution < 1.29 is 14.3 Å². The van der Waals surface area contributed by atoms with E-state index in [0.717, 1.165) is 19.6 Å². The third-order valence-corrected chi connectivity index (χ3v) is 4.25. The Hall–Kier alpha value is -0.610. The first-order chi connectivity index (χ1) is 9.38. The lowest BCUT2D eigenvalue weighted by atomic mass is 9.81. The van der Waals surface area contributed by atoms with Gasteiger partial charge in [-0.15, -0.1) is 0 Å². The van der Waals surface area contributed by atoms with Gasteiger partial charge in [-0.05, 0) is 37.5 Å². The Balaban J connectivity index is 1.71. The van der Waals surface area contributed by atoms with Crippen molar-refractivity contribution in [1.29, 1.82) is 0 Å². The molecule has 1 saturated heterocycles.